The van der Waals surface area contributed by atoms with Gasteiger partial charge in [0.25, 0.3) is 0 Å². The second-order valence-electron chi connectivity index (χ2n) is 1.44. The number of hydrogen-bond donors (Lipinski definition) is 0. The summed E-state index contributed by atoms with van der Waals surface area (Å²) in [6.45, 7) is 7.91. The number of carbonyl (C=O) groups is 2. The SMILES string of the molecule is C=C(CC(=O)[O-])C(=O)[O-].[CH2-]C.[La+3]. The molecule has 0 heterocycles. The molecule has 0 bridgehead atoms. The molecule has 0 amide bonds. The quantitative estimate of drug-likeness (QED) is 0.458. The molecule has 0 aromatic rings. The van der Waals surface area contributed by atoms with Crippen molar-refractivity contribution in [2.75, 3.05) is 0 Å². The minimum atomic E-state index is -1.56. The topological polar surface area (TPSA) is 80.3 Å². The molecular weight excluding hydrogens is 287 g/mol. The summed E-state index contributed by atoms with van der Waals surface area (Å²) in [5.74, 6) is -3.02. The smallest absolute Gasteiger partial charge is 0.550 e. The van der Waals surface area contributed by atoms with Gasteiger partial charge >= 0.3 is 35.6 Å². The minimum Gasteiger partial charge on any atom is -0.550 e. The second-order valence-corrected chi connectivity index (χ2v) is 1.44. The number of aliphatic carboxylic acids is 2. The Morgan fingerprint density at radius 2 is 1.67 bits per heavy atom. The standard InChI is InChI=1S/C5H6O4.C2H5.La/c1-3(5(8)9)2-4(6)7;1-2;/h1-2H2,(H,6,7)(H,8,9);1H2,2H3;/q;-1;+3/p-2. The van der Waals surface area contributed by atoms with Crippen LogP contribution in [0.5, 0.6) is 0 Å². The van der Waals surface area contributed by atoms with Crippen molar-refractivity contribution in [3.8, 4) is 0 Å². The molecule has 0 unspecified atom stereocenters. The van der Waals surface area contributed by atoms with Gasteiger partial charge in [-0.1, -0.05) is 6.58 Å². The van der Waals surface area contributed by atoms with Gasteiger partial charge in [0.15, 0.2) is 0 Å². The normalized spacial score (nSPS) is 6.83. The van der Waals surface area contributed by atoms with Crippen molar-refractivity contribution in [3.63, 3.8) is 0 Å². The Morgan fingerprint density at radius 3 is 1.75 bits per heavy atom. The van der Waals surface area contributed by atoms with Crippen molar-refractivity contribution in [1.29, 1.82) is 0 Å². The third-order valence-electron chi connectivity index (χ3n) is 0.646. The Morgan fingerprint density at radius 1 is 1.33 bits per heavy atom. The van der Waals surface area contributed by atoms with E-state index in [1.807, 2.05) is 0 Å². The van der Waals surface area contributed by atoms with Crippen LogP contribution < -0.4 is 10.2 Å². The van der Waals surface area contributed by atoms with E-state index < -0.39 is 23.9 Å². The Kier molecular flexibility index (Phi) is 16.2. The Hall–Kier alpha value is -0.125. The Labute approximate surface area is 99.3 Å². The molecule has 5 heteroatoms. The predicted octanol–water partition coefficient (Wildman–Crippen LogP) is -1.73. The largest absolute Gasteiger partial charge is 3.00 e. The van der Waals surface area contributed by atoms with Gasteiger partial charge in [0, 0.05) is 12.4 Å². The molecule has 0 radical (unpaired) electrons. The molecule has 4 nitrogen and oxygen atoms in total. The van der Waals surface area contributed by atoms with Gasteiger partial charge in [0.2, 0.25) is 0 Å². The number of carbonyl (C=O) groups excluding carboxylic acids is 2. The molecule has 0 fully saturated rings. The van der Waals surface area contributed by atoms with Crippen LogP contribution in [0.25, 0.3) is 0 Å². The van der Waals surface area contributed by atoms with Crippen molar-refractivity contribution in [2.24, 2.45) is 0 Å². The van der Waals surface area contributed by atoms with Crippen molar-refractivity contribution in [2.45, 2.75) is 13.3 Å². The zero-order valence-electron chi connectivity index (χ0n) is 6.83. The van der Waals surface area contributed by atoms with Crippen LogP contribution in [-0.2, 0) is 9.59 Å². The molecule has 0 aliphatic rings. The number of rotatable bonds is 3. The van der Waals surface area contributed by atoms with E-state index >= 15 is 0 Å². The first kappa shape index (κ1) is 17.8. The number of hydrogen-bond acceptors (Lipinski definition) is 4. The fourth-order valence-electron chi connectivity index (χ4n) is 0.246. The molecule has 0 spiro atoms. The number of carboxylic acid groups (broad SMARTS) is 2. The molecule has 0 aliphatic heterocycles. The maximum Gasteiger partial charge on any atom is 3.00 e. The first-order valence-electron chi connectivity index (χ1n) is 2.83. The van der Waals surface area contributed by atoms with Gasteiger partial charge in [-0.15, -0.1) is 0 Å². The van der Waals surface area contributed by atoms with Gasteiger partial charge < -0.3 is 26.7 Å². The van der Waals surface area contributed by atoms with Crippen LogP contribution in [0.2, 0.25) is 0 Å². The van der Waals surface area contributed by atoms with Gasteiger partial charge in [-0.05, 0) is 5.57 Å². The van der Waals surface area contributed by atoms with Gasteiger partial charge in [-0.25, -0.2) is 0 Å². The summed E-state index contributed by atoms with van der Waals surface area (Å²) < 4.78 is 0. The molecule has 0 N–H and O–H groups in total. The summed E-state index contributed by atoms with van der Waals surface area (Å²) in [5.41, 5.74) is -0.477. The van der Waals surface area contributed by atoms with E-state index in [1.54, 1.807) is 6.92 Å². The van der Waals surface area contributed by atoms with E-state index in [0.29, 0.717) is 0 Å². The van der Waals surface area contributed by atoms with Crippen molar-refractivity contribution in [1.82, 2.24) is 0 Å². The molecular formula is C7H9LaO4. The first-order valence-corrected chi connectivity index (χ1v) is 2.83. The van der Waals surface area contributed by atoms with E-state index in [4.69, 9.17) is 0 Å². The van der Waals surface area contributed by atoms with Crippen molar-refractivity contribution in [3.05, 3.63) is 19.1 Å². The average Bonchev–Trinajstić information content (AvgIpc) is 1.90. The fraction of sp³-hybridized carbons (Fsp3) is 0.286. The number of carboxylic acids is 2. The maximum absolute atomic E-state index is 9.73. The maximum atomic E-state index is 9.73. The van der Waals surface area contributed by atoms with Gasteiger partial charge in [-0.2, -0.15) is 6.92 Å². The van der Waals surface area contributed by atoms with E-state index in [0.717, 1.165) is 0 Å². The van der Waals surface area contributed by atoms with Gasteiger partial charge in [0.1, 0.15) is 0 Å². The predicted molar refractivity (Wildman–Crippen MR) is 34.8 cm³/mol. The van der Waals surface area contributed by atoms with Crippen molar-refractivity contribution >= 4 is 11.9 Å². The van der Waals surface area contributed by atoms with Crippen LogP contribution in [0.4, 0.5) is 0 Å². The Balaban J connectivity index is -0.000000249. The third-order valence-corrected chi connectivity index (χ3v) is 0.646. The van der Waals surface area contributed by atoms with Crippen molar-refractivity contribution < 1.29 is 55.4 Å². The summed E-state index contributed by atoms with van der Waals surface area (Å²) in [6, 6.07) is 0. The molecule has 64 valence electrons. The van der Waals surface area contributed by atoms with Crippen LogP contribution in [0, 0.1) is 42.5 Å². The monoisotopic (exact) mass is 296 g/mol. The molecule has 0 aromatic carbocycles. The van der Waals surface area contributed by atoms with Crippen LogP contribution in [-0.4, -0.2) is 11.9 Å². The van der Waals surface area contributed by atoms with Crippen LogP contribution in [0.15, 0.2) is 12.2 Å². The zero-order chi connectivity index (χ0) is 9.44. The fourth-order valence-corrected chi connectivity index (χ4v) is 0.246. The summed E-state index contributed by atoms with van der Waals surface area (Å²) in [4.78, 5) is 19.4. The second kappa shape index (κ2) is 10.9. The first-order chi connectivity index (χ1) is 5.04. The van der Waals surface area contributed by atoms with Crippen LogP contribution in [0.1, 0.15) is 13.3 Å². The molecule has 0 atom stereocenters. The average molecular weight is 296 g/mol. The van der Waals surface area contributed by atoms with E-state index in [-0.39, 0.29) is 35.6 Å². The summed E-state index contributed by atoms with van der Waals surface area (Å²) in [5, 5.41) is 19.4. The summed E-state index contributed by atoms with van der Waals surface area (Å²) in [7, 11) is 0. The molecule has 0 aromatic heterocycles. The minimum absolute atomic E-state index is 0. The van der Waals surface area contributed by atoms with E-state index in [1.165, 1.54) is 0 Å². The molecule has 0 saturated carbocycles. The van der Waals surface area contributed by atoms with Gasteiger partial charge in [-0.3, -0.25) is 0 Å². The molecule has 0 rings (SSSR count). The van der Waals surface area contributed by atoms with Gasteiger partial charge in [0.05, 0.1) is 5.97 Å². The van der Waals surface area contributed by atoms with E-state index in [9.17, 15) is 19.8 Å². The van der Waals surface area contributed by atoms with Crippen LogP contribution in [0.3, 0.4) is 0 Å². The third kappa shape index (κ3) is 12.5. The zero-order valence-corrected chi connectivity index (χ0v) is 10.5. The molecule has 0 saturated heterocycles. The van der Waals surface area contributed by atoms with Crippen LogP contribution >= 0.6 is 0 Å². The summed E-state index contributed by atoms with van der Waals surface area (Å²) in [6.07, 6.45) is -0.678. The Bertz CT molecular complexity index is 165. The van der Waals surface area contributed by atoms with E-state index in [2.05, 4.69) is 13.5 Å². The summed E-state index contributed by atoms with van der Waals surface area (Å²) >= 11 is 0. The molecule has 12 heavy (non-hydrogen) atoms. The molecule has 0 aliphatic carbocycles.